The lowest BCUT2D eigenvalue weighted by Gasteiger charge is -2.16. The van der Waals surface area contributed by atoms with Crippen molar-refractivity contribution in [1.82, 2.24) is 4.98 Å². The van der Waals surface area contributed by atoms with Crippen LogP contribution in [0.5, 0.6) is 0 Å². The number of ketones is 1. The highest BCUT2D eigenvalue weighted by Gasteiger charge is 2.16. The molecule has 2 N–H and O–H groups in total. The van der Waals surface area contributed by atoms with Gasteiger partial charge in [-0.3, -0.25) is 4.79 Å². The highest BCUT2D eigenvalue weighted by Crippen LogP contribution is 2.23. The number of rotatable bonds is 4. The number of aromatic nitrogens is 1. The van der Waals surface area contributed by atoms with Gasteiger partial charge in [-0.25, -0.2) is 4.98 Å². The summed E-state index contributed by atoms with van der Waals surface area (Å²) in [5, 5.41) is 2.64. The van der Waals surface area contributed by atoms with E-state index in [1.807, 2.05) is 12.3 Å². The molecule has 0 bridgehead atoms. The first-order valence-electron chi connectivity index (χ1n) is 5.54. The number of nitrogens with zero attached hydrogens (tertiary/aromatic N) is 1. The van der Waals surface area contributed by atoms with Crippen molar-refractivity contribution in [2.24, 2.45) is 11.1 Å². The number of thiazole rings is 1. The normalized spacial score (nSPS) is 13.8. The van der Waals surface area contributed by atoms with E-state index in [2.05, 4.69) is 25.8 Å². The van der Waals surface area contributed by atoms with Crippen LogP contribution in [0.2, 0.25) is 0 Å². The quantitative estimate of drug-likeness (QED) is 0.822. The lowest BCUT2D eigenvalue weighted by atomic mass is 9.89. The average molecular weight is 240 g/mol. The van der Waals surface area contributed by atoms with Crippen LogP contribution in [0.4, 0.5) is 0 Å². The third-order valence-corrected chi connectivity index (χ3v) is 3.34. The summed E-state index contributed by atoms with van der Waals surface area (Å²) in [5.74, 6) is 0.123. The second kappa shape index (κ2) is 5.06. The topological polar surface area (TPSA) is 56.0 Å². The Bertz CT molecular complexity index is 363. The fourth-order valence-corrected chi connectivity index (χ4v) is 2.02. The van der Waals surface area contributed by atoms with Crippen molar-refractivity contribution in [3.8, 4) is 0 Å². The van der Waals surface area contributed by atoms with Crippen molar-refractivity contribution in [2.45, 2.75) is 46.6 Å². The Morgan fingerprint density at radius 3 is 2.62 bits per heavy atom. The fourth-order valence-electron chi connectivity index (χ4n) is 1.24. The number of hydrogen-bond donors (Lipinski definition) is 1. The lowest BCUT2D eigenvalue weighted by molar-refractivity contribution is 0.0961. The molecule has 0 aromatic carbocycles. The standard InChI is InChI=1S/C12H20N2OS/c1-8(13)11-14-9(7-16-11)10(15)5-6-12(2,3)4/h7-8H,5-6,13H2,1-4H3. The van der Waals surface area contributed by atoms with Crippen LogP contribution in [-0.4, -0.2) is 10.8 Å². The molecule has 0 saturated carbocycles. The third kappa shape index (κ3) is 4.02. The zero-order chi connectivity index (χ0) is 12.3. The molecule has 1 unspecified atom stereocenters. The summed E-state index contributed by atoms with van der Waals surface area (Å²) < 4.78 is 0. The molecule has 0 fully saturated rings. The molecule has 0 spiro atoms. The molecule has 0 saturated heterocycles. The first kappa shape index (κ1) is 13.3. The van der Waals surface area contributed by atoms with Crippen LogP contribution in [0.1, 0.15) is 62.1 Å². The minimum Gasteiger partial charge on any atom is -0.322 e. The third-order valence-electron chi connectivity index (χ3n) is 2.30. The molecule has 4 heteroatoms. The van der Waals surface area contributed by atoms with Gasteiger partial charge in [0.2, 0.25) is 0 Å². The van der Waals surface area contributed by atoms with E-state index in [-0.39, 0.29) is 17.2 Å². The Hall–Kier alpha value is -0.740. The molecule has 0 radical (unpaired) electrons. The minimum absolute atomic E-state index is 0.0887. The Balaban J connectivity index is 2.60. The van der Waals surface area contributed by atoms with Crippen LogP contribution < -0.4 is 5.73 Å². The second-order valence-corrected chi connectivity index (χ2v) is 6.23. The number of Topliss-reactive ketones (excluding diaryl/α,β-unsaturated/α-hetero) is 1. The highest BCUT2D eigenvalue weighted by atomic mass is 32.1. The summed E-state index contributed by atoms with van der Waals surface area (Å²) in [6.45, 7) is 8.28. The van der Waals surface area contributed by atoms with Gasteiger partial charge >= 0.3 is 0 Å². The second-order valence-electron chi connectivity index (χ2n) is 5.34. The number of carbonyl (C=O) groups is 1. The van der Waals surface area contributed by atoms with Gasteiger partial charge in [-0.2, -0.15) is 0 Å². The zero-order valence-corrected chi connectivity index (χ0v) is 11.2. The minimum atomic E-state index is -0.0887. The Morgan fingerprint density at radius 2 is 2.19 bits per heavy atom. The van der Waals surface area contributed by atoms with E-state index >= 15 is 0 Å². The SMILES string of the molecule is CC(N)c1nc(C(=O)CCC(C)(C)C)cs1. The van der Waals surface area contributed by atoms with Gasteiger partial charge in [0, 0.05) is 11.8 Å². The van der Waals surface area contributed by atoms with Crippen LogP contribution in [0.25, 0.3) is 0 Å². The molecule has 1 aromatic rings. The van der Waals surface area contributed by atoms with Crippen LogP contribution >= 0.6 is 11.3 Å². The van der Waals surface area contributed by atoms with E-state index in [9.17, 15) is 4.79 Å². The van der Waals surface area contributed by atoms with E-state index in [1.165, 1.54) is 11.3 Å². The summed E-state index contributed by atoms with van der Waals surface area (Å²) in [4.78, 5) is 16.1. The zero-order valence-electron chi connectivity index (χ0n) is 10.4. The molecule has 1 rings (SSSR count). The van der Waals surface area contributed by atoms with Crippen molar-refractivity contribution in [3.05, 3.63) is 16.1 Å². The van der Waals surface area contributed by atoms with E-state index in [0.717, 1.165) is 11.4 Å². The molecule has 1 atom stereocenters. The largest absolute Gasteiger partial charge is 0.322 e. The molecule has 0 amide bonds. The van der Waals surface area contributed by atoms with Gasteiger partial charge in [0.15, 0.2) is 5.78 Å². The fraction of sp³-hybridized carbons (Fsp3) is 0.667. The predicted octanol–water partition coefficient (Wildman–Crippen LogP) is 3.17. The first-order chi connectivity index (χ1) is 7.29. The van der Waals surface area contributed by atoms with Crippen molar-refractivity contribution in [2.75, 3.05) is 0 Å². The van der Waals surface area contributed by atoms with Gasteiger partial charge in [0.25, 0.3) is 0 Å². The van der Waals surface area contributed by atoms with Crippen LogP contribution in [0.15, 0.2) is 5.38 Å². The monoisotopic (exact) mass is 240 g/mol. The van der Waals surface area contributed by atoms with Gasteiger partial charge in [-0.15, -0.1) is 11.3 Å². The Kier molecular flexibility index (Phi) is 4.21. The molecule has 1 heterocycles. The Morgan fingerprint density at radius 1 is 1.56 bits per heavy atom. The van der Waals surface area contributed by atoms with Crippen molar-refractivity contribution >= 4 is 17.1 Å². The van der Waals surface area contributed by atoms with Crippen LogP contribution in [-0.2, 0) is 0 Å². The van der Waals surface area contributed by atoms with Crippen LogP contribution in [0.3, 0.4) is 0 Å². The van der Waals surface area contributed by atoms with E-state index in [0.29, 0.717) is 12.1 Å². The molecular weight excluding hydrogens is 220 g/mol. The maximum Gasteiger partial charge on any atom is 0.182 e. The van der Waals surface area contributed by atoms with E-state index < -0.39 is 0 Å². The molecule has 0 aliphatic rings. The van der Waals surface area contributed by atoms with Gasteiger partial charge in [-0.1, -0.05) is 20.8 Å². The van der Waals surface area contributed by atoms with Gasteiger partial charge in [0.05, 0.1) is 6.04 Å². The Labute approximate surface area is 101 Å². The number of nitrogens with two attached hydrogens (primary N) is 1. The predicted molar refractivity (Wildman–Crippen MR) is 67.7 cm³/mol. The lowest BCUT2D eigenvalue weighted by Crippen LogP contribution is -2.10. The van der Waals surface area contributed by atoms with Crippen molar-refractivity contribution in [1.29, 1.82) is 0 Å². The maximum absolute atomic E-state index is 11.8. The maximum atomic E-state index is 11.8. The van der Waals surface area contributed by atoms with Crippen molar-refractivity contribution < 1.29 is 4.79 Å². The van der Waals surface area contributed by atoms with Gasteiger partial charge in [-0.05, 0) is 18.8 Å². The van der Waals surface area contributed by atoms with Gasteiger partial charge < -0.3 is 5.73 Å². The van der Waals surface area contributed by atoms with Crippen LogP contribution in [0, 0.1) is 5.41 Å². The molecule has 0 aliphatic carbocycles. The first-order valence-corrected chi connectivity index (χ1v) is 6.42. The average Bonchev–Trinajstić information content (AvgIpc) is 2.61. The molecule has 3 nitrogen and oxygen atoms in total. The smallest absolute Gasteiger partial charge is 0.182 e. The molecule has 0 aliphatic heterocycles. The molecule has 16 heavy (non-hydrogen) atoms. The number of carbonyl (C=O) groups excluding carboxylic acids is 1. The highest BCUT2D eigenvalue weighted by molar-refractivity contribution is 7.09. The number of hydrogen-bond acceptors (Lipinski definition) is 4. The summed E-state index contributed by atoms with van der Waals surface area (Å²) in [5.41, 5.74) is 6.47. The van der Waals surface area contributed by atoms with E-state index in [1.54, 1.807) is 0 Å². The molecular formula is C12H20N2OS. The molecule has 1 aromatic heterocycles. The van der Waals surface area contributed by atoms with E-state index in [4.69, 9.17) is 5.73 Å². The summed E-state index contributed by atoms with van der Waals surface area (Å²) in [6, 6.07) is -0.0887. The van der Waals surface area contributed by atoms with Crippen molar-refractivity contribution in [3.63, 3.8) is 0 Å². The summed E-state index contributed by atoms with van der Waals surface area (Å²) >= 11 is 1.46. The molecule has 90 valence electrons. The van der Waals surface area contributed by atoms with Gasteiger partial charge in [0.1, 0.15) is 10.7 Å². The summed E-state index contributed by atoms with van der Waals surface area (Å²) in [7, 11) is 0. The summed E-state index contributed by atoms with van der Waals surface area (Å²) in [6.07, 6.45) is 1.45.